The topological polar surface area (TPSA) is 73.7 Å². The van der Waals surface area contributed by atoms with Crippen molar-refractivity contribution in [2.45, 2.75) is 38.8 Å². The molecule has 1 spiro atoms. The minimum absolute atomic E-state index is 0.0966. The minimum Gasteiger partial charge on any atom is -0.478 e. The number of nitrogens with zero attached hydrogens (tertiary/aromatic N) is 3. The van der Waals surface area contributed by atoms with E-state index in [4.69, 9.17) is 11.6 Å². The highest BCUT2D eigenvalue weighted by molar-refractivity contribution is 7.15. The van der Waals surface area contributed by atoms with Gasteiger partial charge in [-0.15, -0.1) is 11.3 Å². The zero-order chi connectivity index (χ0) is 24.9. The summed E-state index contributed by atoms with van der Waals surface area (Å²) in [6, 6.07) is 10.9. The molecule has 0 bridgehead atoms. The lowest BCUT2D eigenvalue weighted by molar-refractivity contribution is 0.0521. The third kappa shape index (κ3) is 4.52. The number of thiazole rings is 1. The first-order valence-corrected chi connectivity index (χ1v) is 12.7. The molecule has 1 saturated heterocycles. The number of piperidine rings is 1. The van der Waals surface area contributed by atoms with Crippen molar-refractivity contribution < 1.29 is 19.1 Å². The van der Waals surface area contributed by atoms with Crippen molar-refractivity contribution in [3.8, 4) is 10.4 Å². The number of halogens is 2. The van der Waals surface area contributed by atoms with Gasteiger partial charge in [-0.1, -0.05) is 23.7 Å². The molecule has 1 aliphatic heterocycles. The van der Waals surface area contributed by atoms with E-state index in [0.29, 0.717) is 27.8 Å². The Hall–Kier alpha value is -2.97. The van der Waals surface area contributed by atoms with Gasteiger partial charge in [0.05, 0.1) is 21.1 Å². The number of aromatic carboxylic acids is 1. The predicted molar refractivity (Wildman–Crippen MR) is 135 cm³/mol. The van der Waals surface area contributed by atoms with E-state index in [1.54, 1.807) is 24.3 Å². The molecule has 1 aliphatic carbocycles. The van der Waals surface area contributed by atoms with Gasteiger partial charge in [0, 0.05) is 18.6 Å². The summed E-state index contributed by atoms with van der Waals surface area (Å²) in [7, 11) is 1.83. The van der Waals surface area contributed by atoms with E-state index in [0.717, 1.165) is 36.3 Å². The summed E-state index contributed by atoms with van der Waals surface area (Å²) >= 11 is 7.48. The molecule has 2 aromatic carbocycles. The van der Waals surface area contributed by atoms with Gasteiger partial charge >= 0.3 is 5.97 Å². The third-order valence-electron chi connectivity index (χ3n) is 7.14. The predicted octanol–water partition coefficient (Wildman–Crippen LogP) is 6.09. The maximum atomic E-state index is 14.0. The zero-order valence-corrected chi connectivity index (χ0v) is 21.0. The zero-order valence-electron chi connectivity index (χ0n) is 19.4. The Balaban J connectivity index is 1.53. The van der Waals surface area contributed by atoms with Gasteiger partial charge in [-0.2, -0.15) is 0 Å². The molecule has 2 fully saturated rings. The average molecular weight is 514 g/mol. The molecule has 9 heteroatoms. The molecule has 1 N–H and O–H groups in total. The van der Waals surface area contributed by atoms with Crippen LogP contribution in [0.1, 0.15) is 51.5 Å². The number of anilines is 1. The smallest absolute Gasteiger partial charge is 0.337 e. The Morgan fingerprint density at radius 1 is 1.20 bits per heavy atom. The largest absolute Gasteiger partial charge is 0.478 e. The van der Waals surface area contributed by atoms with Crippen LogP contribution in [0.2, 0.25) is 5.02 Å². The van der Waals surface area contributed by atoms with Crippen LogP contribution in [-0.2, 0) is 0 Å². The van der Waals surface area contributed by atoms with Crippen molar-refractivity contribution >= 4 is 40.5 Å². The van der Waals surface area contributed by atoms with Crippen molar-refractivity contribution in [3.63, 3.8) is 0 Å². The second-order valence-electron chi connectivity index (χ2n) is 9.43. The standard InChI is InChI=1S/C26H25ClFN3O3S/c1-15-29-22(23(35-15)16-3-6-18(28)7-4-16)24(32)31-12-11-26(9-10-26)14-21(31)30(2)20-8-5-17(27)13-19(20)25(33)34/h3-8,13,21H,9-12,14H2,1-2H3,(H,33,34). The molecule has 6 nitrogen and oxygen atoms in total. The van der Waals surface area contributed by atoms with Crippen LogP contribution in [0.5, 0.6) is 0 Å². The molecule has 182 valence electrons. The molecular weight excluding hydrogens is 489 g/mol. The van der Waals surface area contributed by atoms with Crippen LogP contribution >= 0.6 is 22.9 Å². The van der Waals surface area contributed by atoms with Gasteiger partial charge in [-0.3, -0.25) is 4.79 Å². The van der Waals surface area contributed by atoms with E-state index in [-0.39, 0.29) is 28.9 Å². The van der Waals surface area contributed by atoms with Crippen LogP contribution in [0, 0.1) is 18.2 Å². The molecule has 3 aromatic rings. The summed E-state index contributed by atoms with van der Waals surface area (Å²) in [5, 5.41) is 10.9. The van der Waals surface area contributed by atoms with Crippen LogP contribution in [0.25, 0.3) is 10.4 Å². The second-order valence-corrected chi connectivity index (χ2v) is 11.1. The van der Waals surface area contributed by atoms with Gasteiger partial charge in [-0.05, 0) is 73.9 Å². The molecule has 2 aliphatic rings. The highest BCUT2D eigenvalue weighted by Crippen LogP contribution is 2.56. The molecule has 2 heterocycles. The SMILES string of the molecule is Cc1nc(C(=O)N2CCC3(CC3)CC2N(C)c2ccc(Cl)cc2C(=O)O)c(-c2ccc(F)cc2)s1. The molecular formula is C26H25ClFN3O3S. The average Bonchev–Trinajstić information content (AvgIpc) is 3.47. The number of amides is 1. The number of carbonyl (C=O) groups is 2. The van der Waals surface area contributed by atoms with Gasteiger partial charge in [0.15, 0.2) is 0 Å². The van der Waals surface area contributed by atoms with Gasteiger partial charge in [-0.25, -0.2) is 14.2 Å². The number of carboxylic acid groups (broad SMARTS) is 1. The lowest BCUT2D eigenvalue weighted by Crippen LogP contribution is -2.55. The molecule has 1 aromatic heterocycles. The van der Waals surface area contributed by atoms with Crippen molar-refractivity contribution in [1.82, 2.24) is 9.88 Å². The normalized spacial score (nSPS) is 18.5. The van der Waals surface area contributed by atoms with Gasteiger partial charge < -0.3 is 14.9 Å². The van der Waals surface area contributed by atoms with Crippen LogP contribution in [-0.4, -0.2) is 46.6 Å². The number of hydrogen-bond acceptors (Lipinski definition) is 5. The number of carboxylic acids is 1. The summed E-state index contributed by atoms with van der Waals surface area (Å²) in [5.74, 6) is -1.61. The van der Waals surface area contributed by atoms with E-state index in [2.05, 4.69) is 4.98 Å². The summed E-state index contributed by atoms with van der Waals surface area (Å²) < 4.78 is 13.5. The Morgan fingerprint density at radius 2 is 1.91 bits per heavy atom. The number of aromatic nitrogens is 1. The highest BCUT2D eigenvalue weighted by Gasteiger charge is 2.50. The monoisotopic (exact) mass is 513 g/mol. The van der Waals surface area contributed by atoms with Crippen LogP contribution in [0.4, 0.5) is 10.1 Å². The number of hydrogen-bond donors (Lipinski definition) is 1. The number of benzene rings is 2. The first-order valence-electron chi connectivity index (χ1n) is 11.5. The van der Waals surface area contributed by atoms with Crippen LogP contribution in [0.3, 0.4) is 0 Å². The van der Waals surface area contributed by atoms with E-state index in [9.17, 15) is 19.1 Å². The van der Waals surface area contributed by atoms with Gasteiger partial charge in [0.1, 0.15) is 17.7 Å². The lowest BCUT2D eigenvalue weighted by Gasteiger charge is -2.45. The molecule has 1 atom stereocenters. The van der Waals surface area contributed by atoms with E-state index in [1.165, 1.54) is 29.5 Å². The van der Waals surface area contributed by atoms with Gasteiger partial charge in [0.25, 0.3) is 5.91 Å². The van der Waals surface area contributed by atoms with Crippen molar-refractivity contribution in [2.75, 3.05) is 18.5 Å². The summed E-state index contributed by atoms with van der Waals surface area (Å²) in [6.07, 6.45) is 3.56. The number of rotatable bonds is 5. The van der Waals surface area contributed by atoms with E-state index in [1.807, 2.05) is 23.8 Å². The summed E-state index contributed by atoms with van der Waals surface area (Å²) in [6.45, 7) is 2.41. The Labute approximate surface area is 212 Å². The quantitative estimate of drug-likeness (QED) is 0.447. The maximum absolute atomic E-state index is 14.0. The third-order valence-corrected chi connectivity index (χ3v) is 8.39. The molecule has 1 amide bonds. The summed E-state index contributed by atoms with van der Waals surface area (Å²) in [5.41, 5.74) is 1.89. The highest BCUT2D eigenvalue weighted by atomic mass is 35.5. The van der Waals surface area contributed by atoms with Crippen molar-refractivity contribution in [2.24, 2.45) is 5.41 Å². The minimum atomic E-state index is -1.07. The van der Waals surface area contributed by atoms with Crippen molar-refractivity contribution in [1.29, 1.82) is 0 Å². The first-order chi connectivity index (χ1) is 16.7. The first kappa shape index (κ1) is 23.8. The molecule has 1 unspecified atom stereocenters. The maximum Gasteiger partial charge on any atom is 0.337 e. The van der Waals surface area contributed by atoms with E-state index >= 15 is 0 Å². The summed E-state index contributed by atoms with van der Waals surface area (Å²) in [4.78, 5) is 34.9. The lowest BCUT2D eigenvalue weighted by atomic mass is 9.90. The number of carbonyl (C=O) groups excluding carboxylic acids is 1. The Bertz CT molecular complexity index is 1310. The van der Waals surface area contributed by atoms with Crippen LogP contribution in [0.15, 0.2) is 42.5 Å². The van der Waals surface area contributed by atoms with Crippen molar-refractivity contribution in [3.05, 3.63) is 69.6 Å². The number of likely N-dealkylation sites (tertiary alicyclic amines) is 1. The van der Waals surface area contributed by atoms with Crippen LogP contribution < -0.4 is 4.90 Å². The van der Waals surface area contributed by atoms with Gasteiger partial charge in [0.2, 0.25) is 0 Å². The number of aryl methyl sites for hydroxylation is 1. The molecule has 1 saturated carbocycles. The fourth-order valence-corrected chi connectivity index (χ4v) is 6.06. The fourth-order valence-electron chi connectivity index (χ4n) is 4.97. The van der Waals surface area contributed by atoms with E-state index < -0.39 is 5.97 Å². The Morgan fingerprint density at radius 3 is 2.57 bits per heavy atom. The Kier molecular flexibility index (Phi) is 6.05. The second kappa shape index (κ2) is 8.91. The molecule has 5 rings (SSSR count). The molecule has 35 heavy (non-hydrogen) atoms. The fraction of sp³-hybridized carbons (Fsp3) is 0.346. The molecule has 0 radical (unpaired) electrons.